The molecule has 1 atom stereocenters. The van der Waals surface area contributed by atoms with Crippen molar-refractivity contribution >= 4 is 28.3 Å². The van der Waals surface area contributed by atoms with Gasteiger partial charge < -0.3 is 4.90 Å². The number of likely N-dealkylation sites (tertiary alicyclic amines) is 1. The Morgan fingerprint density at radius 1 is 1.38 bits per heavy atom. The number of amides is 1. The molecule has 1 unspecified atom stereocenters. The second-order valence-corrected chi connectivity index (χ2v) is 7.47. The van der Waals surface area contributed by atoms with Crippen molar-refractivity contribution in [2.24, 2.45) is 0 Å². The molecule has 3 aromatic heterocycles. The average Bonchev–Trinajstić information content (AvgIpc) is 3.31. The molecule has 24 heavy (non-hydrogen) atoms. The molecule has 0 bridgehead atoms. The SMILES string of the molecule is CC(C)n1ncc2cc(C(=O)N3CCCC3c3cccs3)cnc21. The van der Waals surface area contributed by atoms with Crippen LogP contribution in [0.4, 0.5) is 0 Å². The van der Waals surface area contributed by atoms with Crippen LogP contribution in [0.1, 0.15) is 54.0 Å². The number of carbonyl (C=O) groups excluding carboxylic acids is 1. The molecule has 1 saturated heterocycles. The Labute approximate surface area is 144 Å². The van der Waals surface area contributed by atoms with Crippen molar-refractivity contribution in [2.75, 3.05) is 6.54 Å². The molecule has 1 amide bonds. The zero-order valence-electron chi connectivity index (χ0n) is 13.8. The van der Waals surface area contributed by atoms with E-state index >= 15 is 0 Å². The molecule has 0 N–H and O–H groups in total. The minimum atomic E-state index is 0.0672. The molecule has 0 aromatic carbocycles. The first-order chi connectivity index (χ1) is 11.6. The van der Waals surface area contributed by atoms with Crippen molar-refractivity contribution in [3.05, 3.63) is 46.4 Å². The summed E-state index contributed by atoms with van der Waals surface area (Å²) >= 11 is 1.72. The third-order valence-electron chi connectivity index (χ3n) is 4.55. The summed E-state index contributed by atoms with van der Waals surface area (Å²) in [6.07, 6.45) is 5.57. The highest BCUT2D eigenvalue weighted by molar-refractivity contribution is 7.10. The summed E-state index contributed by atoms with van der Waals surface area (Å²) in [4.78, 5) is 20.8. The van der Waals surface area contributed by atoms with Gasteiger partial charge in [-0.2, -0.15) is 5.10 Å². The second kappa shape index (κ2) is 6.02. The molecule has 124 valence electrons. The molecule has 0 aliphatic carbocycles. The molecule has 4 rings (SSSR count). The van der Waals surface area contributed by atoms with Crippen LogP contribution in [-0.2, 0) is 0 Å². The predicted octanol–water partition coefficient (Wildman–Crippen LogP) is 4.05. The van der Waals surface area contributed by atoms with Crippen LogP contribution < -0.4 is 0 Å². The highest BCUT2D eigenvalue weighted by Gasteiger charge is 2.31. The minimum absolute atomic E-state index is 0.0672. The summed E-state index contributed by atoms with van der Waals surface area (Å²) in [5, 5.41) is 7.37. The Morgan fingerprint density at radius 3 is 3.00 bits per heavy atom. The lowest BCUT2D eigenvalue weighted by Crippen LogP contribution is -2.30. The molecule has 1 aliphatic heterocycles. The maximum Gasteiger partial charge on any atom is 0.255 e. The number of nitrogens with zero attached hydrogens (tertiary/aromatic N) is 4. The Balaban J connectivity index is 1.65. The molecule has 1 fully saturated rings. The summed E-state index contributed by atoms with van der Waals surface area (Å²) in [5.74, 6) is 0.0672. The Morgan fingerprint density at radius 2 is 2.25 bits per heavy atom. The van der Waals surface area contributed by atoms with E-state index in [0.717, 1.165) is 30.4 Å². The van der Waals surface area contributed by atoms with E-state index in [1.54, 1.807) is 23.7 Å². The number of fused-ring (bicyclic) bond motifs is 1. The van der Waals surface area contributed by atoms with Crippen molar-refractivity contribution < 1.29 is 4.79 Å². The van der Waals surface area contributed by atoms with Crippen LogP contribution in [-0.4, -0.2) is 32.1 Å². The number of pyridine rings is 1. The summed E-state index contributed by atoms with van der Waals surface area (Å²) in [6.45, 7) is 4.96. The second-order valence-electron chi connectivity index (χ2n) is 6.49. The van der Waals surface area contributed by atoms with Crippen LogP contribution in [0.25, 0.3) is 11.0 Å². The lowest BCUT2D eigenvalue weighted by Gasteiger charge is -2.23. The van der Waals surface area contributed by atoms with Crippen LogP contribution in [0.5, 0.6) is 0 Å². The number of thiophene rings is 1. The molecular formula is C18H20N4OS. The van der Waals surface area contributed by atoms with Gasteiger partial charge in [0.25, 0.3) is 5.91 Å². The van der Waals surface area contributed by atoms with E-state index in [0.29, 0.717) is 5.56 Å². The topological polar surface area (TPSA) is 51.0 Å². The Kier molecular flexibility index (Phi) is 3.84. The van der Waals surface area contributed by atoms with E-state index in [9.17, 15) is 4.79 Å². The minimum Gasteiger partial charge on any atom is -0.331 e. The van der Waals surface area contributed by atoms with Crippen molar-refractivity contribution in [2.45, 2.75) is 38.8 Å². The van der Waals surface area contributed by atoms with Gasteiger partial charge in [-0.05, 0) is 44.2 Å². The maximum absolute atomic E-state index is 13.0. The van der Waals surface area contributed by atoms with Gasteiger partial charge >= 0.3 is 0 Å². The molecule has 0 radical (unpaired) electrons. The Bertz CT molecular complexity index is 868. The summed E-state index contributed by atoms with van der Waals surface area (Å²) in [7, 11) is 0. The molecular weight excluding hydrogens is 320 g/mol. The van der Waals surface area contributed by atoms with E-state index in [-0.39, 0.29) is 18.0 Å². The molecule has 1 aliphatic rings. The van der Waals surface area contributed by atoms with Gasteiger partial charge in [0.05, 0.1) is 17.8 Å². The van der Waals surface area contributed by atoms with Crippen molar-refractivity contribution in [1.82, 2.24) is 19.7 Å². The number of hydrogen-bond acceptors (Lipinski definition) is 4. The Hall–Kier alpha value is -2.21. The summed E-state index contributed by atoms with van der Waals surface area (Å²) < 4.78 is 1.88. The van der Waals surface area contributed by atoms with Gasteiger partial charge in [-0.15, -0.1) is 11.3 Å². The molecule has 4 heterocycles. The quantitative estimate of drug-likeness (QED) is 0.723. The van der Waals surface area contributed by atoms with E-state index < -0.39 is 0 Å². The van der Waals surface area contributed by atoms with E-state index in [1.807, 2.05) is 15.6 Å². The van der Waals surface area contributed by atoms with Crippen LogP contribution in [0.3, 0.4) is 0 Å². The van der Waals surface area contributed by atoms with E-state index in [4.69, 9.17) is 0 Å². The van der Waals surface area contributed by atoms with E-state index in [2.05, 4.69) is 41.4 Å². The third kappa shape index (κ3) is 2.51. The number of aromatic nitrogens is 3. The molecule has 0 saturated carbocycles. The molecule has 5 nitrogen and oxygen atoms in total. The number of rotatable bonds is 3. The van der Waals surface area contributed by atoms with Gasteiger partial charge in [0.15, 0.2) is 5.65 Å². The highest BCUT2D eigenvalue weighted by atomic mass is 32.1. The maximum atomic E-state index is 13.0. The van der Waals surface area contributed by atoms with Crippen LogP contribution in [0.2, 0.25) is 0 Å². The first kappa shape index (κ1) is 15.3. The smallest absolute Gasteiger partial charge is 0.255 e. The predicted molar refractivity (Wildman–Crippen MR) is 95.2 cm³/mol. The van der Waals surface area contributed by atoms with Crippen LogP contribution >= 0.6 is 11.3 Å². The lowest BCUT2D eigenvalue weighted by molar-refractivity contribution is 0.0737. The van der Waals surface area contributed by atoms with Gasteiger partial charge in [-0.3, -0.25) is 4.79 Å². The van der Waals surface area contributed by atoms with Gasteiger partial charge in [-0.25, -0.2) is 9.67 Å². The number of carbonyl (C=O) groups is 1. The normalized spacial score (nSPS) is 18.0. The first-order valence-electron chi connectivity index (χ1n) is 8.33. The molecule has 6 heteroatoms. The van der Waals surface area contributed by atoms with Crippen molar-refractivity contribution in [3.63, 3.8) is 0 Å². The summed E-state index contributed by atoms with van der Waals surface area (Å²) in [5.41, 5.74) is 1.48. The standard InChI is InChI=1S/C18H20N4OS/c1-12(2)22-17-13(11-20-22)9-14(10-19-17)18(23)21-7-3-5-15(21)16-6-4-8-24-16/h4,6,8-12,15H,3,5,7H2,1-2H3. The van der Waals surface area contributed by atoms with E-state index in [1.165, 1.54) is 4.88 Å². The van der Waals surface area contributed by atoms with Gasteiger partial charge in [0.1, 0.15) is 0 Å². The zero-order chi connectivity index (χ0) is 16.7. The summed E-state index contributed by atoms with van der Waals surface area (Å²) in [6, 6.07) is 6.54. The zero-order valence-corrected chi connectivity index (χ0v) is 14.7. The van der Waals surface area contributed by atoms with Gasteiger partial charge in [-0.1, -0.05) is 6.07 Å². The fraction of sp³-hybridized carbons (Fsp3) is 0.389. The molecule has 3 aromatic rings. The van der Waals surface area contributed by atoms with Crippen molar-refractivity contribution in [1.29, 1.82) is 0 Å². The lowest BCUT2D eigenvalue weighted by atomic mass is 10.1. The third-order valence-corrected chi connectivity index (χ3v) is 5.53. The van der Waals surface area contributed by atoms with Gasteiger partial charge in [0, 0.05) is 29.0 Å². The van der Waals surface area contributed by atoms with Crippen LogP contribution in [0.15, 0.2) is 36.0 Å². The first-order valence-corrected chi connectivity index (χ1v) is 9.21. The fourth-order valence-electron chi connectivity index (χ4n) is 3.39. The monoisotopic (exact) mass is 340 g/mol. The van der Waals surface area contributed by atoms with Crippen molar-refractivity contribution in [3.8, 4) is 0 Å². The van der Waals surface area contributed by atoms with Gasteiger partial charge in [0.2, 0.25) is 0 Å². The average molecular weight is 340 g/mol. The number of hydrogen-bond donors (Lipinski definition) is 0. The largest absolute Gasteiger partial charge is 0.331 e. The van der Waals surface area contributed by atoms with Crippen LogP contribution in [0, 0.1) is 0 Å². The fourth-order valence-corrected chi connectivity index (χ4v) is 4.26. The highest BCUT2D eigenvalue weighted by Crippen LogP contribution is 2.35. The molecule has 0 spiro atoms.